The smallest absolute Gasteiger partial charge is 0.409 e. The van der Waals surface area contributed by atoms with Gasteiger partial charge in [-0.3, -0.25) is 5.32 Å². The predicted molar refractivity (Wildman–Crippen MR) is 74.6 cm³/mol. The Morgan fingerprint density at radius 3 is 2.28 bits per heavy atom. The minimum Gasteiger partial charge on any atom is -0.465 e. The van der Waals surface area contributed by atoms with Crippen molar-refractivity contribution in [2.24, 2.45) is 0 Å². The Labute approximate surface area is 112 Å². The molecule has 0 aliphatic rings. The second-order valence-corrected chi connectivity index (χ2v) is 3.75. The number of para-hydroxylation sites is 1. The van der Waals surface area contributed by atoms with Gasteiger partial charge in [0.1, 0.15) is 0 Å². The van der Waals surface area contributed by atoms with Crippen molar-refractivity contribution in [3.8, 4) is 0 Å². The van der Waals surface area contributed by atoms with Crippen molar-refractivity contribution < 1.29 is 9.90 Å². The summed E-state index contributed by atoms with van der Waals surface area (Å²) in [5.41, 5.74) is 2.78. The van der Waals surface area contributed by atoms with Crippen molar-refractivity contribution in [2.45, 2.75) is 6.42 Å². The van der Waals surface area contributed by atoms with Crippen molar-refractivity contribution >= 4 is 24.2 Å². The topological polar surface area (TPSA) is 49.3 Å². The van der Waals surface area contributed by atoms with Crippen LogP contribution in [-0.2, 0) is 6.42 Å². The van der Waals surface area contributed by atoms with Crippen LogP contribution >= 0.6 is 12.4 Å². The van der Waals surface area contributed by atoms with Gasteiger partial charge in [-0.2, -0.15) is 0 Å². The van der Waals surface area contributed by atoms with Gasteiger partial charge in [0.25, 0.3) is 0 Å². The Bertz CT molecular complexity index is 514. The molecule has 0 unspecified atom stereocenters. The van der Waals surface area contributed by atoms with E-state index in [1.54, 1.807) is 6.07 Å². The molecule has 94 valence electrons. The van der Waals surface area contributed by atoms with Crippen LogP contribution in [0.15, 0.2) is 54.6 Å². The number of hydrogen-bond donors (Lipinski definition) is 2. The van der Waals surface area contributed by atoms with Gasteiger partial charge in [0, 0.05) is 5.69 Å². The van der Waals surface area contributed by atoms with E-state index in [1.807, 2.05) is 48.5 Å². The standard InChI is InChI=1S/C14H13NO2.ClH/c16-14(17)15-13-9-5-4-8-12(13)10-11-6-2-1-3-7-11;/h1-9,15H,10H2,(H,16,17);1H. The first-order chi connectivity index (χ1) is 8.25. The van der Waals surface area contributed by atoms with Gasteiger partial charge in [0.15, 0.2) is 0 Å². The van der Waals surface area contributed by atoms with Crippen molar-refractivity contribution in [2.75, 3.05) is 5.32 Å². The molecule has 18 heavy (non-hydrogen) atoms. The van der Waals surface area contributed by atoms with Crippen LogP contribution in [0.2, 0.25) is 0 Å². The highest BCUT2D eigenvalue weighted by Crippen LogP contribution is 2.18. The summed E-state index contributed by atoms with van der Waals surface area (Å²) in [6.45, 7) is 0. The first-order valence-electron chi connectivity index (χ1n) is 5.37. The lowest BCUT2D eigenvalue weighted by Crippen LogP contribution is -2.09. The van der Waals surface area contributed by atoms with E-state index in [9.17, 15) is 4.79 Å². The van der Waals surface area contributed by atoms with Crippen LogP contribution in [0, 0.1) is 0 Å². The zero-order valence-electron chi connectivity index (χ0n) is 9.67. The van der Waals surface area contributed by atoms with E-state index in [4.69, 9.17) is 5.11 Å². The van der Waals surface area contributed by atoms with Crippen LogP contribution in [0.3, 0.4) is 0 Å². The fourth-order valence-electron chi connectivity index (χ4n) is 1.73. The molecule has 2 N–H and O–H groups in total. The molecule has 0 atom stereocenters. The minimum absolute atomic E-state index is 0. The van der Waals surface area contributed by atoms with Crippen LogP contribution in [-0.4, -0.2) is 11.2 Å². The first kappa shape index (κ1) is 14.1. The number of halogens is 1. The number of rotatable bonds is 3. The van der Waals surface area contributed by atoms with Crippen molar-refractivity contribution in [1.82, 2.24) is 0 Å². The summed E-state index contributed by atoms with van der Waals surface area (Å²) in [4.78, 5) is 10.7. The number of amides is 1. The molecule has 0 bridgehead atoms. The third-order valence-electron chi connectivity index (χ3n) is 2.50. The molecule has 0 heterocycles. The molecule has 2 rings (SSSR count). The SMILES string of the molecule is Cl.O=C(O)Nc1ccccc1Cc1ccccc1. The van der Waals surface area contributed by atoms with E-state index in [-0.39, 0.29) is 12.4 Å². The Kier molecular flexibility index (Phi) is 5.21. The summed E-state index contributed by atoms with van der Waals surface area (Å²) in [7, 11) is 0. The Hall–Kier alpha value is -2.00. The highest BCUT2D eigenvalue weighted by Gasteiger charge is 2.04. The summed E-state index contributed by atoms with van der Waals surface area (Å²) >= 11 is 0. The molecule has 2 aromatic rings. The summed E-state index contributed by atoms with van der Waals surface area (Å²) in [6, 6.07) is 17.4. The van der Waals surface area contributed by atoms with Crippen LogP contribution in [0.1, 0.15) is 11.1 Å². The van der Waals surface area contributed by atoms with Gasteiger partial charge in [0.05, 0.1) is 0 Å². The van der Waals surface area contributed by atoms with Gasteiger partial charge in [-0.1, -0.05) is 48.5 Å². The molecule has 0 saturated heterocycles. The maximum absolute atomic E-state index is 10.7. The zero-order valence-corrected chi connectivity index (χ0v) is 10.5. The normalized spacial score (nSPS) is 9.33. The molecule has 0 aliphatic heterocycles. The molecule has 0 aliphatic carbocycles. The predicted octanol–water partition coefficient (Wildman–Crippen LogP) is 3.79. The van der Waals surface area contributed by atoms with Crippen molar-refractivity contribution in [3.05, 3.63) is 65.7 Å². The molecule has 0 fully saturated rings. The average Bonchev–Trinajstić information content (AvgIpc) is 2.32. The van der Waals surface area contributed by atoms with Crippen LogP contribution < -0.4 is 5.32 Å². The lowest BCUT2D eigenvalue weighted by molar-refractivity contribution is 0.209. The quantitative estimate of drug-likeness (QED) is 0.885. The van der Waals surface area contributed by atoms with Gasteiger partial charge in [0.2, 0.25) is 0 Å². The monoisotopic (exact) mass is 263 g/mol. The molecule has 0 aromatic heterocycles. The number of carboxylic acid groups (broad SMARTS) is 1. The van der Waals surface area contributed by atoms with E-state index in [0.29, 0.717) is 5.69 Å². The summed E-state index contributed by atoms with van der Waals surface area (Å²) in [5, 5.41) is 11.2. The number of carbonyl (C=O) groups is 1. The fourth-order valence-corrected chi connectivity index (χ4v) is 1.73. The van der Waals surface area contributed by atoms with E-state index in [1.165, 1.54) is 0 Å². The van der Waals surface area contributed by atoms with Gasteiger partial charge in [-0.25, -0.2) is 4.79 Å². The van der Waals surface area contributed by atoms with E-state index in [0.717, 1.165) is 17.5 Å². The molecular weight excluding hydrogens is 250 g/mol. The van der Waals surface area contributed by atoms with Crippen molar-refractivity contribution in [3.63, 3.8) is 0 Å². The minimum atomic E-state index is -1.04. The Morgan fingerprint density at radius 2 is 1.61 bits per heavy atom. The Balaban J connectivity index is 0.00000162. The lowest BCUT2D eigenvalue weighted by atomic mass is 10.0. The maximum Gasteiger partial charge on any atom is 0.409 e. The van der Waals surface area contributed by atoms with Gasteiger partial charge >= 0.3 is 6.09 Å². The summed E-state index contributed by atoms with van der Waals surface area (Å²) in [5.74, 6) is 0. The lowest BCUT2D eigenvalue weighted by Gasteiger charge is -2.08. The molecule has 2 aromatic carbocycles. The largest absolute Gasteiger partial charge is 0.465 e. The van der Waals surface area contributed by atoms with Crippen molar-refractivity contribution in [1.29, 1.82) is 0 Å². The number of anilines is 1. The van der Waals surface area contributed by atoms with Gasteiger partial charge in [-0.05, 0) is 23.6 Å². The molecule has 3 nitrogen and oxygen atoms in total. The molecule has 1 amide bonds. The summed E-state index contributed by atoms with van der Waals surface area (Å²) in [6.07, 6.45) is -0.317. The van der Waals surface area contributed by atoms with E-state index < -0.39 is 6.09 Å². The molecule has 0 saturated carbocycles. The molecule has 0 spiro atoms. The number of benzene rings is 2. The van der Waals surface area contributed by atoms with E-state index >= 15 is 0 Å². The number of hydrogen-bond acceptors (Lipinski definition) is 1. The Morgan fingerprint density at radius 1 is 1.00 bits per heavy atom. The highest BCUT2D eigenvalue weighted by atomic mass is 35.5. The number of nitrogens with one attached hydrogen (secondary N) is 1. The second kappa shape index (κ2) is 6.67. The zero-order chi connectivity index (χ0) is 12.1. The maximum atomic E-state index is 10.7. The first-order valence-corrected chi connectivity index (χ1v) is 5.37. The third-order valence-corrected chi connectivity index (χ3v) is 2.50. The molecular formula is C14H14ClNO2. The van der Waals surface area contributed by atoms with Gasteiger partial charge in [-0.15, -0.1) is 12.4 Å². The average molecular weight is 264 g/mol. The third kappa shape index (κ3) is 3.79. The highest BCUT2D eigenvalue weighted by molar-refractivity contribution is 5.85. The summed E-state index contributed by atoms with van der Waals surface area (Å²) < 4.78 is 0. The molecule has 0 radical (unpaired) electrons. The fraction of sp³-hybridized carbons (Fsp3) is 0.0714. The van der Waals surface area contributed by atoms with Crippen LogP contribution in [0.5, 0.6) is 0 Å². The molecule has 4 heteroatoms. The van der Waals surface area contributed by atoms with Crippen LogP contribution in [0.4, 0.5) is 10.5 Å². The van der Waals surface area contributed by atoms with Gasteiger partial charge < -0.3 is 5.11 Å². The van der Waals surface area contributed by atoms with Crippen LogP contribution in [0.25, 0.3) is 0 Å². The van der Waals surface area contributed by atoms with E-state index in [2.05, 4.69) is 5.32 Å². The second-order valence-electron chi connectivity index (χ2n) is 3.75.